The summed E-state index contributed by atoms with van der Waals surface area (Å²) in [5, 5.41) is 12.6. The second kappa shape index (κ2) is 7.73. The summed E-state index contributed by atoms with van der Waals surface area (Å²) in [7, 11) is 1.35. The van der Waals surface area contributed by atoms with Crippen LogP contribution in [0.5, 0.6) is 0 Å². The third kappa shape index (κ3) is 3.44. The lowest BCUT2D eigenvalue weighted by molar-refractivity contribution is -0.139. The molecule has 1 atom stereocenters. The number of esters is 1. The Balaban J connectivity index is 1.73. The maximum absolute atomic E-state index is 11.6. The van der Waals surface area contributed by atoms with E-state index in [2.05, 4.69) is 15.3 Å². The molecule has 28 heavy (non-hydrogen) atoms. The highest BCUT2D eigenvalue weighted by Gasteiger charge is 2.23. The minimum atomic E-state index is -0.450. The Morgan fingerprint density at radius 3 is 2.61 bits per heavy atom. The van der Waals surface area contributed by atoms with Gasteiger partial charge in [-0.3, -0.25) is 4.79 Å². The van der Waals surface area contributed by atoms with Gasteiger partial charge in [0.25, 0.3) is 11.1 Å². The van der Waals surface area contributed by atoms with Gasteiger partial charge in [0.2, 0.25) is 0 Å². The third-order valence-corrected chi connectivity index (χ3v) is 4.95. The SMILES string of the molecule is COC(=O)[C@H](C)Sc1nnc(-c2cnn(-c3ccccc3)c2-n2cccc2)o1. The molecule has 0 saturated heterocycles. The number of thioether (sulfide) groups is 1. The normalized spacial score (nSPS) is 12.1. The number of para-hydroxylation sites is 1. The van der Waals surface area contributed by atoms with Crippen molar-refractivity contribution in [2.75, 3.05) is 7.11 Å². The molecule has 0 amide bonds. The number of aromatic nitrogens is 5. The quantitative estimate of drug-likeness (QED) is 0.365. The zero-order chi connectivity index (χ0) is 19.5. The number of hydrogen-bond donors (Lipinski definition) is 0. The van der Waals surface area contributed by atoms with Gasteiger partial charge in [0.15, 0.2) is 5.82 Å². The Morgan fingerprint density at radius 1 is 1.14 bits per heavy atom. The molecule has 0 aliphatic carbocycles. The molecule has 0 saturated carbocycles. The van der Waals surface area contributed by atoms with Crippen molar-refractivity contribution in [2.45, 2.75) is 17.4 Å². The molecule has 0 radical (unpaired) electrons. The summed E-state index contributed by atoms with van der Waals surface area (Å²) in [5.74, 6) is 0.748. The van der Waals surface area contributed by atoms with Crippen molar-refractivity contribution in [3.05, 3.63) is 61.1 Å². The van der Waals surface area contributed by atoms with E-state index in [9.17, 15) is 4.79 Å². The molecule has 4 rings (SSSR count). The van der Waals surface area contributed by atoms with E-state index < -0.39 is 5.25 Å². The maximum atomic E-state index is 11.6. The van der Waals surface area contributed by atoms with Crippen LogP contribution in [0.2, 0.25) is 0 Å². The van der Waals surface area contributed by atoms with Crippen molar-refractivity contribution >= 4 is 17.7 Å². The Kier molecular flexibility index (Phi) is 4.98. The molecule has 3 aromatic heterocycles. The number of methoxy groups -OCH3 is 1. The van der Waals surface area contributed by atoms with E-state index in [1.807, 2.05) is 64.1 Å². The minimum Gasteiger partial charge on any atom is -0.468 e. The van der Waals surface area contributed by atoms with Gasteiger partial charge in [-0.1, -0.05) is 30.0 Å². The summed E-state index contributed by atoms with van der Waals surface area (Å²) >= 11 is 1.15. The van der Waals surface area contributed by atoms with E-state index in [1.165, 1.54) is 7.11 Å². The van der Waals surface area contributed by atoms with Gasteiger partial charge < -0.3 is 13.7 Å². The van der Waals surface area contributed by atoms with Crippen LogP contribution in [-0.4, -0.2) is 42.9 Å². The molecule has 1 aromatic carbocycles. The fraction of sp³-hybridized carbons (Fsp3) is 0.158. The summed E-state index contributed by atoms with van der Waals surface area (Å²) < 4.78 is 14.3. The molecule has 4 aromatic rings. The van der Waals surface area contributed by atoms with Gasteiger partial charge in [0.1, 0.15) is 10.8 Å². The third-order valence-electron chi connectivity index (χ3n) is 4.04. The lowest BCUT2D eigenvalue weighted by Gasteiger charge is -2.09. The second-order valence-electron chi connectivity index (χ2n) is 5.88. The standard InChI is InChI=1S/C19H17N5O3S/c1-13(18(25)26-2)28-19-22-21-16(27-19)15-12-20-24(14-8-4-3-5-9-14)17(15)23-10-6-7-11-23/h3-13H,1-2H3/t13-/m0/s1. The molecule has 8 nitrogen and oxygen atoms in total. The average molecular weight is 395 g/mol. The highest BCUT2D eigenvalue weighted by atomic mass is 32.2. The molecule has 0 bridgehead atoms. The predicted molar refractivity (Wildman–Crippen MR) is 104 cm³/mol. The molecule has 0 aliphatic rings. The number of ether oxygens (including phenoxy) is 1. The number of carbonyl (C=O) groups is 1. The fourth-order valence-electron chi connectivity index (χ4n) is 2.71. The number of hydrogen-bond acceptors (Lipinski definition) is 7. The van der Waals surface area contributed by atoms with Gasteiger partial charge >= 0.3 is 5.97 Å². The van der Waals surface area contributed by atoms with Crippen LogP contribution < -0.4 is 0 Å². The summed E-state index contributed by atoms with van der Waals surface area (Å²) in [5.41, 5.74) is 1.59. The van der Waals surface area contributed by atoms with Crippen molar-refractivity contribution in [2.24, 2.45) is 0 Å². The molecule has 3 heterocycles. The first kappa shape index (κ1) is 18.1. The molecule has 142 valence electrons. The lowest BCUT2D eigenvalue weighted by atomic mass is 10.3. The van der Waals surface area contributed by atoms with E-state index in [1.54, 1.807) is 13.1 Å². The molecule has 0 spiro atoms. The van der Waals surface area contributed by atoms with Gasteiger partial charge in [-0.15, -0.1) is 10.2 Å². The van der Waals surface area contributed by atoms with Gasteiger partial charge in [0, 0.05) is 12.4 Å². The average Bonchev–Trinajstić information content (AvgIpc) is 3.47. The van der Waals surface area contributed by atoms with E-state index in [4.69, 9.17) is 9.15 Å². The molecular weight excluding hydrogens is 378 g/mol. The molecule has 0 fully saturated rings. The first-order valence-corrected chi connectivity index (χ1v) is 9.40. The van der Waals surface area contributed by atoms with Crippen molar-refractivity contribution in [3.63, 3.8) is 0 Å². The van der Waals surface area contributed by atoms with Crippen LogP contribution in [0, 0.1) is 0 Å². The number of nitrogens with zero attached hydrogens (tertiary/aromatic N) is 5. The van der Waals surface area contributed by atoms with Crippen LogP contribution >= 0.6 is 11.8 Å². The zero-order valence-corrected chi connectivity index (χ0v) is 16.0. The van der Waals surface area contributed by atoms with Crippen LogP contribution in [0.25, 0.3) is 23.0 Å². The van der Waals surface area contributed by atoms with Gasteiger partial charge in [0.05, 0.1) is 19.0 Å². The molecular formula is C19H17N5O3S. The van der Waals surface area contributed by atoms with E-state index in [0.717, 1.165) is 23.3 Å². The summed E-state index contributed by atoms with van der Waals surface area (Å²) in [4.78, 5) is 11.6. The number of rotatable bonds is 6. The van der Waals surface area contributed by atoms with Crippen LogP contribution in [0.4, 0.5) is 0 Å². The summed E-state index contributed by atoms with van der Waals surface area (Å²) in [6.07, 6.45) is 5.53. The summed E-state index contributed by atoms with van der Waals surface area (Å²) in [6.45, 7) is 1.72. The second-order valence-corrected chi connectivity index (χ2v) is 7.17. The minimum absolute atomic E-state index is 0.291. The van der Waals surface area contributed by atoms with Crippen molar-refractivity contribution in [3.8, 4) is 23.0 Å². The maximum Gasteiger partial charge on any atom is 0.319 e. The lowest BCUT2D eigenvalue weighted by Crippen LogP contribution is -2.14. The van der Waals surface area contributed by atoms with Gasteiger partial charge in [-0.2, -0.15) is 5.10 Å². The summed E-state index contributed by atoms with van der Waals surface area (Å²) in [6, 6.07) is 13.6. The van der Waals surface area contributed by atoms with Crippen molar-refractivity contribution in [1.29, 1.82) is 0 Å². The van der Waals surface area contributed by atoms with E-state index in [0.29, 0.717) is 16.7 Å². The fourth-order valence-corrected chi connectivity index (χ4v) is 3.42. The molecule has 0 N–H and O–H groups in total. The Bertz CT molecular complexity index is 1070. The predicted octanol–water partition coefficient (Wildman–Crippen LogP) is 3.37. The Hall–Kier alpha value is -3.33. The van der Waals surface area contributed by atoms with E-state index >= 15 is 0 Å². The first-order valence-electron chi connectivity index (χ1n) is 8.52. The van der Waals surface area contributed by atoms with Crippen LogP contribution in [0.3, 0.4) is 0 Å². The highest BCUT2D eigenvalue weighted by Crippen LogP contribution is 2.31. The van der Waals surface area contributed by atoms with Crippen molar-refractivity contribution < 1.29 is 13.9 Å². The zero-order valence-electron chi connectivity index (χ0n) is 15.2. The topological polar surface area (TPSA) is 88.0 Å². The van der Waals surface area contributed by atoms with E-state index in [-0.39, 0.29) is 5.97 Å². The van der Waals surface area contributed by atoms with Crippen molar-refractivity contribution in [1.82, 2.24) is 24.5 Å². The van der Waals surface area contributed by atoms with Crippen LogP contribution in [0.15, 0.2) is 70.7 Å². The van der Waals surface area contributed by atoms with Crippen LogP contribution in [-0.2, 0) is 9.53 Å². The molecule has 9 heteroatoms. The molecule has 0 unspecified atom stereocenters. The number of benzene rings is 1. The monoisotopic (exact) mass is 395 g/mol. The van der Waals surface area contributed by atoms with Gasteiger partial charge in [-0.05, 0) is 31.2 Å². The highest BCUT2D eigenvalue weighted by molar-refractivity contribution is 8.00. The Labute approximate surface area is 165 Å². The van der Waals surface area contributed by atoms with Gasteiger partial charge in [-0.25, -0.2) is 4.68 Å². The number of carbonyl (C=O) groups excluding carboxylic acids is 1. The first-order chi connectivity index (χ1) is 13.7. The Morgan fingerprint density at radius 2 is 1.89 bits per heavy atom. The largest absolute Gasteiger partial charge is 0.468 e. The smallest absolute Gasteiger partial charge is 0.319 e. The molecule has 0 aliphatic heterocycles. The van der Waals surface area contributed by atoms with Crippen LogP contribution in [0.1, 0.15) is 6.92 Å².